The molecule has 0 radical (unpaired) electrons. The standard InChI is InChI=1S/C31H36N6O6/c1-18(2)27(35-30(40)43-31(3,4)5)29(39)34-21-11-9-20(10-12-21)33-28(38)22-17-26-32-15-14-23(37(26)36-22)19-8-13-24(41-6)25(16-19)42-7/h8-18,27H,1-7H3,(H,33,38)(H,34,39)(H,35,40)/t27-/m0/s1. The van der Waals surface area contributed by atoms with Crippen LogP contribution in [-0.2, 0) is 9.53 Å². The second-order valence-electron chi connectivity index (χ2n) is 11.1. The molecule has 4 rings (SSSR count). The smallest absolute Gasteiger partial charge is 0.408 e. The van der Waals surface area contributed by atoms with Crippen LogP contribution in [0.15, 0.2) is 60.8 Å². The van der Waals surface area contributed by atoms with Crippen LogP contribution >= 0.6 is 0 Å². The predicted molar refractivity (Wildman–Crippen MR) is 163 cm³/mol. The molecule has 2 aromatic carbocycles. The Balaban J connectivity index is 1.45. The van der Waals surface area contributed by atoms with Crippen LogP contribution in [0.1, 0.15) is 45.1 Å². The molecule has 2 aromatic heterocycles. The molecule has 0 bridgehead atoms. The molecule has 2 heterocycles. The van der Waals surface area contributed by atoms with Crippen molar-refractivity contribution in [1.82, 2.24) is 19.9 Å². The number of benzene rings is 2. The van der Waals surface area contributed by atoms with Gasteiger partial charge in [-0.15, -0.1) is 0 Å². The molecule has 3 N–H and O–H groups in total. The Labute approximate surface area is 249 Å². The van der Waals surface area contributed by atoms with Crippen LogP contribution in [0.4, 0.5) is 16.2 Å². The Morgan fingerprint density at radius 2 is 1.51 bits per heavy atom. The molecule has 12 heteroatoms. The monoisotopic (exact) mass is 588 g/mol. The van der Waals surface area contributed by atoms with Crippen molar-refractivity contribution in [2.24, 2.45) is 5.92 Å². The summed E-state index contributed by atoms with van der Waals surface area (Å²) in [5, 5.41) is 12.7. The predicted octanol–water partition coefficient (Wildman–Crippen LogP) is 5.15. The molecule has 43 heavy (non-hydrogen) atoms. The van der Waals surface area contributed by atoms with E-state index in [2.05, 4.69) is 26.0 Å². The van der Waals surface area contributed by atoms with Gasteiger partial charge in [-0.05, 0) is 75.2 Å². The van der Waals surface area contributed by atoms with E-state index < -0.39 is 23.6 Å². The summed E-state index contributed by atoms with van der Waals surface area (Å²) in [5.74, 6) is 0.161. The normalized spacial score (nSPS) is 12.0. The van der Waals surface area contributed by atoms with Crippen molar-refractivity contribution in [3.63, 3.8) is 0 Å². The van der Waals surface area contributed by atoms with Gasteiger partial charge in [0, 0.05) is 29.2 Å². The number of nitrogens with one attached hydrogen (secondary N) is 3. The van der Waals surface area contributed by atoms with Gasteiger partial charge in [0.25, 0.3) is 5.91 Å². The number of ether oxygens (including phenoxy) is 3. The minimum absolute atomic E-state index is 0.172. The summed E-state index contributed by atoms with van der Waals surface area (Å²) in [6, 6.07) is 14.7. The first-order valence-electron chi connectivity index (χ1n) is 13.7. The summed E-state index contributed by atoms with van der Waals surface area (Å²) in [5.41, 5.74) is 2.50. The lowest BCUT2D eigenvalue weighted by atomic mass is 10.0. The molecule has 0 unspecified atom stereocenters. The van der Waals surface area contributed by atoms with Gasteiger partial charge in [-0.1, -0.05) is 13.8 Å². The largest absolute Gasteiger partial charge is 0.493 e. The zero-order valence-electron chi connectivity index (χ0n) is 25.2. The SMILES string of the molecule is COc1ccc(-c2ccnc3cc(C(=O)Nc4ccc(NC(=O)[C@@H](NC(=O)OC(C)(C)C)C(C)C)cc4)nn23)cc1OC. The van der Waals surface area contributed by atoms with Crippen molar-refractivity contribution in [1.29, 1.82) is 0 Å². The second-order valence-corrected chi connectivity index (χ2v) is 11.1. The van der Waals surface area contributed by atoms with Gasteiger partial charge in [0.2, 0.25) is 5.91 Å². The molecule has 0 aliphatic heterocycles. The number of carbonyl (C=O) groups excluding carboxylic acids is 3. The lowest BCUT2D eigenvalue weighted by molar-refractivity contribution is -0.119. The Kier molecular flexibility index (Phi) is 9.18. The van der Waals surface area contributed by atoms with E-state index in [4.69, 9.17) is 14.2 Å². The van der Waals surface area contributed by atoms with Crippen molar-refractivity contribution in [2.45, 2.75) is 46.3 Å². The lowest BCUT2D eigenvalue weighted by Gasteiger charge is -2.25. The fourth-order valence-electron chi connectivity index (χ4n) is 4.24. The molecular formula is C31H36N6O6. The molecule has 3 amide bonds. The maximum Gasteiger partial charge on any atom is 0.408 e. The number of fused-ring (bicyclic) bond motifs is 1. The minimum atomic E-state index is -0.804. The molecule has 1 atom stereocenters. The first kappa shape index (κ1) is 30.8. The fraction of sp³-hybridized carbons (Fsp3) is 0.323. The van der Waals surface area contributed by atoms with Gasteiger partial charge in [-0.3, -0.25) is 9.59 Å². The van der Waals surface area contributed by atoms with Gasteiger partial charge in [0.15, 0.2) is 22.8 Å². The van der Waals surface area contributed by atoms with Crippen LogP contribution in [0.5, 0.6) is 11.5 Å². The quantitative estimate of drug-likeness (QED) is 0.243. The van der Waals surface area contributed by atoms with Crippen molar-refractivity contribution in [3.8, 4) is 22.8 Å². The maximum absolute atomic E-state index is 13.1. The Bertz CT molecular complexity index is 1620. The minimum Gasteiger partial charge on any atom is -0.493 e. The van der Waals surface area contributed by atoms with Gasteiger partial charge in [0.05, 0.1) is 19.9 Å². The van der Waals surface area contributed by atoms with Crippen LogP contribution in [0, 0.1) is 5.92 Å². The summed E-state index contributed by atoms with van der Waals surface area (Å²) in [4.78, 5) is 42.5. The van der Waals surface area contributed by atoms with E-state index >= 15 is 0 Å². The number of amides is 3. The summed E-state index contributed by atoms with van der Waals surface area (Å²) < 4.78 is 17.6. The molecule has 0 fully saturated rings. The average molecular weight is 589 g/mol. The Hall–Kier alpha value is -5.13. The van der Waals surface area contributed by atoms with E-state index in [0.717, 1.165) is 5.56 Å². The Morgan fingerprint density at radius 3 is 2.12 bits per heavy atom. The van der Waals surface area contributed by atoms with Crippen molar-refractivity contribution in [3.05, 3.63) is 66.5 Å². The van der Waals surface area contributed by atoms with Gasteiger partial charge in [-0.25, -0.2) is 14.3 Å². The highest BCUT2D eigenvalue weighted by atomic mass is 16.6. The number of hydrogen-bond donors (Lipinski definition) is 3. The van der Waals surface area contributed by atoms with Gasteiger partial charge < -0.3 is 30.2 Å². The van der Waals surface area contributed by atoms with Gasteiger partial charge in [-0.2, -0.15) is 5.10 Å². The third kappa shape index (κ3) is 7.59. The summed E-state index contributed by atoms with van der Waals surface area (Å²) in [7, 11) is 3.13. The fourth-order valence-corrected chi connectivity index (χ4v) is 4.24. The van der Waals surface area contributed by atoms with E-state index in [1.807, 2.05) is 26.0 Å². The number of rotatable bonds is 9. The summed E-state index contributed by atoms with van der Waals surface area (Å²) in [6.07, 6.45) is 0.974. The molecule has 12 nitrogen and oxygen atoms in total. The maximum atomic E-state index is 13.1. The summed E-state index contributed by atoms with van der Waals surface area (Å²) in [6.45, 7) is 8.90. The third-order valence-corrected chi connectivity index (χ3v) is 6.30. The van der Waals surface area contributed by atoms with Crippen molar-refractivity contribution in [2.75, 3.05) is 24.9 Å². The van der Waals surface area contributed by atoms with Crippen LogP contribution in [0.2, 0.25) is 0 Å². The second kappa shape index (κ2) is 12.8. The van der Waals surface area contributed by atoms with E-state index in [0.29, 0.717) is 34.2 Å². The Morgan fingerprint density at radius 1 is 0.860 bits per heavy atom. The van der Waals surface area contributed by atoms with Crippen LogP contribution < -0.4 is 25.4 Å². The van der Waals surface area contributed by atoms with E-state index in [9.17, 15) is 14.4 Å². The van der Waals surface area contributed by atoms with Crippen molar-refractivity contribution >= 4 is 34.9 Å². The highest BCUT2D eigenvalue weighted by Crippen LogP contribution is 2.32. The number of alkyl carbamates (subject to hydrolysis) is 1. The highest BCUT2D eigenvalue weighted by molar-refractivity contribution is 6.04. The molecule has 0 saturated heterocycles. The van der Waals surface area contributed by atoms with Crippen LogP contribution in [-0.4, -0.2) is 58.4 Å². The number of methoxy groups -OCH3 is 2. The first-order chi connectivity index (χ1) is 20.4. The van der Waals surface area contributed by atoms with Gasteiger partial charge >= 0.3 is 6.09 Å². The zero-order valence-corrected chi connectivity index (χ0v) is 25.2. The first-order valence-corrected chi connectivity index (χ1v) is 13.7. The number of aromatic nitrogens is 3. The van der Waals surface area contributed by atoms with Crippen molar-refractivity contribution < 1.29 is 28.6 Å². The van der Waals surface area contributed by atoms with Gasteiger partial charge in [0.1, 0.15) is 11.6 Å². The molecule has 0 aliphatic rings. The zero-order chi connectivity index (χ0) is 31.3. The number of nitrogens with zero attached hydrogens (tertiary/aromatic N) is 3. The average Bonchev–Trinajstić information content (AvgIpc) is 3.40. The topological polar surface area (TPSA) is 145 Å². The molecule has 226 valence electrons. The van der Waals surface area contributed by atoms with E-state index in [1.54, 1.807) is 88.2 Å². The molecule has 0 saturated carbocycles. The molecule has 0 spiro atoms. The highest BCUT2D eigenvalue weighted by Gasteiger charge is 2.27. The molecule has 0 aliphatic carbocycles. The molecule has 4 aromatic rings. The number of carbonyl (C=O) groups is 3. The lowest BCUT2D eigenvalue weighted by Crippen LogP contribution is -2.48. The summed E-state index contributed by atoms with van der Waals surface area (Å²) >= 11 is 0. The van der Waals surface area contributed by atoms with E-state index in [-0.39, 0.29) is 17.5 Å². The third-order valence-electron chi connectivity index (χ3n) is 6.30. The van der Waals surface area contributed by atoms with Crippen LogP contribution in [0.25, 0.3) is 16.9 Å². The molecular weight excluding hydrogens is 552 g/mol. The number of anilines is 2. The van der Waals surface area contributed by atoms with Crippen LogP contribution in [0.3, 0.4) is 0 Å². The number of hydrogen-bond acceptors (Lipinski definition) is 8. The van der Waals surface area contributed by atoms with E-state index in [1.165, 1.54) is 0 Å².